The van der Waals surface area contributed by atoms with E-state index in [4.69, 9.17) is 31.2 Å². The molecule has 0 radical (unpaired) electrons. The van der Waals surface area contributed by atoms with E-state index < -0.39 is 0 Å². The Labute approximate surface area is 205 Å². The number of hydrogen-bond acceptors (Lipinski definition) is 5. The second-order valence-corrected chi connectivity index (χ2v) is 7.76. The molecule has 0 spiro atoms. The highest BCUT2D eigenvalue weighted by atomic mass is 35.5. The molecular formula is C28H30ClNO4. The highest BCUT2D eigenvalue weighted by Gasteiger charge is 2.14. The van der Waals surface area contributed by atoms with Gasteiger partial charge >= 0.3 is 5.97 Å². The average Bonchev–Trinajstić information content (AvgIpc) is 3.24. The topological polar surface area (TPSA) is 74.7 Å². The molecule has 3 aromatic carbocycles. The van der Waals surface area contributed by atoms with Gasteiger partial charge in [0.05, 0.1) is 13.0 Å². The molecule has 1 heterocycles. The average molecular weight is 480 g/mol. The van der Waals surface area contributed by atoms with E-state index in [1.807, 2.05) is 68.4 Å². The summed E-state index contributed by atoms with van der Waals surface area (Å²) in [5, 5.41) is 1.25. The smallest absolute Gasteiger partial charge is 0.310 e. The van der Waals surface area contributed by atoms with Crippen LogP contribution in [0.2, 0.25) is 5.22 Å². The summed E-state index contributed by atoms with van der Waals surface area (Å²) < 4.78 is 16.9. The summed E-state index contributed by atoms with van der Waals surface area (Å²) in [6.45, 7) is 6.90. The van der Waals surface area contributed by atoms with Crippen LogP contribution < -0.4 is 10.5 Å². The molecule has 0 atom stereocenters. The van der Waals surface area contributed by atoms with Gasteiger partial charge in [0.1, 0.15) is 17.9 Å². The van der Waals surface area contributed by atoms with Gasteiger partial charge in [0.15, 0.2) is 5.22 Å². The van der Waals surface area contributed by atoms with E-state index in [2.05, 4.69) is 12.1 Å². The van der Waals surface area contributed by atoms with E-state index in [-0.39, 0.29) is 12.4 Å². The highest BCUT2D eigenvalue weighted by molar-refractivity contribution is 6.30. The fraction of sp³-hybridized carbons (Fsp3) is 0.250. The maximum absolute atomic E-state index is 11.9. The number of para-hydroxylation sites is 1. The monoisotopic (exact) mass is 479 g/mol. The van der Waals surface area contributed by atoms with Gasteiger partial charge in [0.25, 0.3) is 0 Å². The van der Waals surface area contributed by atoms with Gasteiger partial charge in [0.2, 0.25) is 0 Å². The molecule has 178 valence electrons. The zero-order valence-electron chi connectivity index (χ0n) is 19.8. The van der Waals surface area contributed by atoms with Crippen molar-refractivity contribution < 1.29 is 18.7 Å². The molecule has 2 N–H and O–H groups in total. The lowest BCUT2D eigenvalue weighted by atomic mass is 9.98. The SMILES string of the molecule is CC.CCOC(=O)Cc1ccccc1OCc1cc(-c2cccc(CN)c2)c2cc(Cl)oc2c1. The maximum atomic E-state index is 11.9. The van der Waals surface area contributed by atoms with E-state index in [9.17, 15) is 4.79 Å². The van der Waals surface area contributed by atoms with E-state index in [0.29, 0.717) is 36.3 Å². The quantitative estimate of drug-likeness (QED) is 0.277. The van der Waals surface area contributed by atoms with Crippen molar-refractivity contribution in [3.05, 3.63) is 88.6 Å². The third-order valence-electron chi connectivity index (χ3n) is 5.15. The number of ether oxygens (including phenoxy) is 2. The number of carbonyl (C=O) groups is 1. The molecule has 0 aliphatic carbocycles. The van der Waals surface area contributed by atoms with Gasteiger partial charge in [-0.05, 0) is 65.0 Å². The maximum Gasteiger partial charge on any atom is 0.310 e. The van der Waals surface area contributed by atoms with Crippen LogP contribution in [0.4, 0.5) is 0 Å². The standard InChI is InChI=1S/C26H24ClNO4.C2H6/c1-2-30-26(29)13-20-7-3-4-9-23(20)31-16-18-11-21(19-8-5-6-17(10-19)15-28)22-14-25(27)32-24(22)12-18;1-2/h3-12,14H,2,13,15-16,28H2,1H3;1-2H3. The Hall–Kier alpha value is -3.28. The molecule has 0 bridgehead atoms. The first-order valence-electron chi connectivity index (χ1n) is 11.4. The highest BCUT2D eigenvalue weighted by Crippen LogP contribution is 2.35. The molecule has 1 aromatic heterocycles. The molecule has 0 saturated heterocycles. The Balaban J connectivity index is 0.00000158. The van der Waals surface area contributed by atoms with E-state index in [0.717, 1.165) is 33.2 Å². The number of benzene rings is 3. The normalized spacial score (nSPS) is 10.5. The molecule has 34 heavy (non-hydrogen) atoms. The number of nitrogens with two attached hydrogens (primary N) is 1. The van der Waals surface area contributed by atoms with Gasteiger partial charge < -0.3 is 19.6 Å². The number of rotatable bonds is 8. The Bertz CT molecular complexity index is 1250. The van der Waals surface area contributed by atoms with Crippen LogP contribution in [0.25, 0.3) is 22.1 Å². The van der Waals surface area contributed by atoms with Crippen molar-refractivity contribution in [2.24, 2.45) is 5.73 Å². The third kappa shape index (κ3) is 6.19. The number of fused-ring (bicyclic) bond motifs is 1. The molecule has 0 amide bonds. The van der Waals surface area contributed by atoms with Crippen molar-refractivity contribution >= 4 is 28.5 Å². The fourth-order valence-corrected chi connectivity index (χ4v) is 3.86. The van der Waals surface area contributed by atoms with E-state index >= 15 is 0 Å². The molecule has 6 heteroatoms. The predicted molar refractivity (Wildman–Crippen MR) is 137 cm³/mol. The van der Waals surface area contributed by atoms with Crippen LogP contribution in [-0.2, 0) is 29.1 Å². The molecule has 0 unspecified atom stereocenters. The summed E-state index contributed by atoms with van der Waals surface area (Å²) in [6, 6.07) is 21.4. The summed E-state index contributed by atoms with van der Waals surface area (Å²) in [4.78, 5) is 11.9. The largest absolute Gasteiger partial charge is 0.489 e. The summed E-state index contributed by atoms with van der Waals surface area (Å²) in [5.41, 5.74) is 11.3. The minimum Gasteiger partial charge on any atom is -0.489 e. The van der Waals surface area contributed by atoms with E-state index in [1.165, 1.54) is 0 Å². The van der Waals surface area contributed by atoms with Crippen LogP contribution in [-0.4, -0.2) is 12.6 Å². The van der Waals surface area contributed by atoms with Crippen LogP contribution in [0.1, 0.15) is 37.5 Å². The van der Waals surface area contributed by atoms with Crippen molar-refractivity contribution in [3.8, 4) is 16.9 Å². The number of esters is 1. The summed E-state index contributed by atoms with van der Waals surface area (Å²) in [5.74, 6) is 0.363. The van der Waals surface area contributed by atoms with Crippen molar-refractivity contribution in [2.75, 3.05) is 6.61 Å². The summed E-state index contributed by atoms with van der Waals surface area (Å²) in [6.07, 6.45) is 0.161. The Morgan fingerprint density at radius 1 is 1.00 bits per heavy atom. The number of carbonyl (C=O) groups excluding carboxylic acids is 1. The van der Waals surface area contributed by atoms with Gasteiger partial charge in [-0.15, -0.1) is 0 Å². The Morgan fingerprint density at radius 2 is 1.79 bits per heavy atom. The summed E-state index contributed by atoms with van der Waals surface area (Å²) >= 11 is 6.16. The molecule has 5 nitrogen and oxygen atoms in total. The number of halogens is 1. The first-order valence-corrected chi connectivity index (χ1v) is 11.8. The molecule has 0 saturated carbocycles. The molecule has 4 rings (SSSR count). The minimum absolute atomic E-state index is 0.161. The lowest BCUT2D eigenvalue weighted by molar-refractivity contribution is -0.142. The second-order valence-electron chi connectivity index (χ2n) is 7.39. The first kappa shape index (κ1) is 25.3. The van der Waals surface area contributed by atoms with E-state index in [1.54, 1.807) is 6.92 Å². The van der Waals surface area contributed by atoms with Gasteiger partial charge in [-0.25, -0.2) is 0 Å². The molecule has 0 aliphatic rings. The van der Waals surface area contributed by atoms with Crippen LogP contribution in [0.3, 0.4) is 0 Å². The lowest BCUT2D eigenvalue weighted by Crippen LogP contribution is -2.09. The van der Waals surface area contributed by atoms with Crippen molar-refractivity contribution in [2.45, 2.75) is 40.3 Å². The van der Waals surface area contributed by atoms with Gasteiger partial charge in [-0.2, -0.15) is 0 Å². The lowest BCUT2D eigenvalue weighted by Gasteiger charge is -2.13. The van der Waals surface area contributed by atoms with Gasteiger partial charge in [-0.1, -0.05) is 50.2 Å². The van der Waals surface area contributed by atoms with Crippen molar-refractivity contribution in [3.63, 3.8) is 0 Å². The minimum atomic E-state index is -0.280. The zero-order chi connectivity index (χ0) is 24.5. The first-order chi connectivity index (χ1) is 16.6. The van der Waals surface area contributed by atoms with Crippen LogP contribution in [0, 0.1) is 0 Å². The number of hydrogen-bond donors (Lipinski definition) is 1. The third-order valence-corrected chi connectivity index (χ3v) is 5.33. The second kappa shape index (κ2) is 12.3. The van der Waals surface area contributed by atoms with Gasteiger partial charge in [0, 0.05) is 23.6 Å². The summed E-state index contributed by atoms with van der Waals surface area (Å²) in [7, 11) is 0. The molecule has 0 fully saturated rings. The predicted octanol–water partition coefficient (Wildman–Crippen LogP) is 6.92. The van der Waals surface area contributed by atoms with Gasteiger partial charge in [-0.3, -0.25) is 4.79 Å². The Kier molecular flexibility index (Phi) is 9.14. The zero-order valence-corrected chi connectivity index (χ0v) is 20.5. The van der Waals surface area contributed by atoms with Crippen molar-refractivity contribution in [1.82, 2.24) is 0 Å². The van der Waals surface area contributed by atoms with Crippen LogP contribution in [0.5, 0.6) is 5.75 Å². The van der Waals surface area contributed by atoms with Crippen LogP contribution >= 0.6 is 11.6 Å². The fourth-order valence-electron chi connectivity index (χ4n) is 3.67. The van der Waals surface area contributed by atoms with Crippen molar-refractivity contribution in [1.29, 1.82) is 0 Å². The molecular weight excluding hydrogens is 450 g/mol. The van der Waals surface area contributed by atoms with Crippen LogP contribution in [0.15, 0.2) is 71.1 Å². The number of furan rings is 1. The molecule has 4 aromatic rings. The Morgan fingerprint density at radius 3 is 2.56 bits per heavy atom. The molecule has 0 aliphatic heterocycles.